The second kappa shape index (κ2) is 5.16. The highest BCUT2D eigenvalue weighted by Gasteiger charge is 2.27. The molecule has 1 aromatic carbocycles. The first-order valence-electron chi connectivity index (χ1n) is 7.11. The zero-order valence-electron chi connectivity index (χ0n) is 12.8. The summed E-state index contributed by atoms with van der Waals surface area (Å²) in [5, 5.41) is 0. The quantitative estimate of drug-likeness (QED) is 0.743. The lowest BCUT2D eigenvalue weighted by molar-refractivity contribution is 0.262. The number of benzene rings is 1. The standard InChI is InChI=1S/C17H26O2/c1-16(2,3)12-17(4,5)13-6-8-14(9-7-13)18-10-15-11-19-15/h6-9,15H,10-12H2,1-5H3/t15-/m0/s1. The second-order valence-electron chi connectivity index (χ2n) is 7.41. The molecule has 2 nitrogen and oxygen atoms in total. The molecule has 1 saturated heterocycles. The molecule has 0 spiro atoms. The summed E-state index contributed by atoms with van der Waals surface area (Å²) in [4.78, 5) is 0. The molecule has 0 aromatic heterocycles. The zero-order valence-corrected chi connectivity index (χ0v) is 12.8. The first kappa shape index (κ1) is 14.4. The van der Waals surface area contributed by atoms with Gasteiger partial charge < -0.3 is 9.47 Å². The van der Waals surface area contributed by atoms with Gasteiger partial charge in [0.25, 0.3) is 0 Å². The summed E-state index contributed by atoms with van der Waals surface area (Å²) < 4.78 is 10.8. The van der Waals surface area contributed by atoms with Crippen LogP contribution in [-0.2, 0) is 10.2 Å². The van der Waals surface area contributed by atoms with Crippen molar-refractivity contribution in [3.05, 3.63) is 29.8 Å². The summed E-state index contributed by atoms with van der Waals surface area (Å²) in [5.74, 6) is 0.936. The van der Waals surface area contributed by atoms with E-state index >= 15 is 0 Å². The minimum atomic E-state index is 0.191. The van der Waals surface area contributed by atoms with Gasteiger partial charge in [0, 0.05) is 0 Å². The van der Waals surface area contributed by atoms with Crippen molar-refractivity contribution in [3.63, 3.8) is 0 Å². The SMILES string of the molecule is CC(C)(C)CC(C)(C)c1ccc(OC[C@H]2CO2)cc1. The average Bonchev–Trinajstić information content (AvgIpc) is 3.07. The second-order valence-corrected chi connectivity index (χ2v) is 7.41. The van der Waals surface area contributed by atoms with Crippen molar-refractivity contribution in [2.24, 2.45) is 5.41 Å². The van der Waals surface area contributed by atoms with E-state index in [0.717, 1.165) is 18.8 Å². The van der Waals surface area contributed by atoms with Gasteiger partial charge in [-0.05, 0) is 34.9 Å². The summed E-state index contributed by atoms with van der Waals surface area (Å²) in [5.41, 5.74) is 1.90. The molecule has 0 amide bonds. The first-order valence-corrected chi connectivity index (χ1v) is 7.11. The van der Waals surface area contributed by atoms with Crippen LogP contribution < -0.4 is 4.74 Å². The van der Waals surface area contributed by atoms with Crippen LogP contribution in [0.15, 0.2) is 24.3 Å². The molecular formula is C17H26O2. The van der Waals surface area contributed by atoms with E-state index in [1.54, 1.807) is 0 Å². The number of epoxide rings is 1. The summed E-state index contributed by atoms with van der Waals surface area (Å²) in [6.45, 7) is 13.0. The Kier molecular flexibility index (Phi) is 3.91. The van der Waals surface area contributed by atoms with E-state index in [9.17, 15) is 0 Å². The van der Waals surface area contributed by atoms with Gasteiger partial charge in [0.05, 0.1) is 6.61 Å². The highest BCUT2D eigenvalue weighted by atomic mass is 16.6. The molecule has 0 aliphatic carbocycles. The number of hydrogen-bond acceptors (Lipinski definition) is 2. The van der Waals surface area contributed by atoms with E-state index in [4.69, 9.17) is 9.47 Å². The third-order valence-electron chi connectivity index (χ3n) is 3.45. The van der Waals surface area contributed by atoms with Crippen molar-refractivity contribution in [1.29, 1.82) is 0 Å². The van der Waals surface area contributed by atoms with Crippen LogP contribution in [0, 0.1) is 5.41 Å². The maximum atomic E-state index is 5.67. The maximum absolute atomic E-state index is 5.67. The van der Waals surface area contributed by atoms with E-state index in [0.29, 0.717) is 18.1 Å². The molecule has 1 aliphatic rings. The van der Waals surface area contributed by atoms with Crippen LogP contribution >= 0.6 is 0 Å². The first-order chi connectivity index (χ1) is 8.76. The Hall–Kier alpha value is -1.02. The minimum Gasteiger partial charge on any atom is -0.491 e. The number of hydrogen-bond donors (Lipinski definition) is 0. The van der Waals surface area contributed by atoms with Crippen LogP contribution in [0.4, 0.5) is 0 Å². The fourth-order valence-electron chi connectivity index (χ4n) is 2.78. The van der Waals surface area contributed by atoms with Crippen molar-refractivity contribution in [1.82, 2.24) is 0 Å². The zero-order chi connectivity index (χ0) is 14.1. The normalized spacial score (nSPS) is 19.3. The average molecular weight is 262 g/mol. The molecule has 106 valence electrons. The maximum Gasteiger partial charge on any atom is 0.119 e. The molecule has 0 bridgehead atoms. The highest BCUT2D eigenvalue weighted by molar-refractivity contribution is 5.31. The van der Waals surface area contributed by atoms with Crippen molar-refractivity contribution in [2.45, 2.75) is 52.6 Å². The van der Waals surface area contributed by atoms with Gasteiger partial charge in [0.2, 0.25) is 0 Å². The summed E-state index contributed by atoms with van der Waals surface area (Å²) >= 11 is 0. The van der Waals surface area contributed by atoms with E-state index in [2.05, 4.69) is 58.9 Å². The smallest absolute Gasteiger partial charge is 0.119 e. The molecule has 1 fully saturated rings. The van der Waals surface area contributed by atoms with Crippen molar-refractivity contribution < 1.29 is 9.47 Å². The van der Waals surface area contributed by atoms with Crippen LogP contribution in [0.1, 0.15) is 46.6 Å². The van der Waals surface area contributed by atoms with Crippen molar-refractivity contribution in [2.75, 3.05) is 13.2 Å². The lowest BCUT2D eigenvalue weighted by atomic mass is 9.72. The molecule has 1 atom stereocenters. The monoisotopic (exact) mass is 262 g/mol. The van der Waals surface area contributed by atoms with Gasteiger partial charge in [-0.1, -0.05) is 46.8 Å². The van der Waals surface area contributed by atoms with Gasteiger partial charge in [0.15, 0.2) is 0 Å². The third kappa shape index (κ3) is 4.54. The van der Waals surface area contributed by atoms with Crippen LogP contribution in [0.2, 0.25) is 0 Å². The lowest BCUT2D eigenvalue weighted by Crippen LogP contribution is -2.24. The highest BCUT2D eigenvalue weighted by Crippen LogP contribution is 2.36. The number of ether oxygens (including phenoxy) is 2. The van der Waals surface area contributed by atoms with Gasteiger partial charge in [-0.2, -0.15) is 0 Å². The summed E-state index contributed by atoms with van der Waals surface area (Å²) in [6.07, 6.45) is 1.48. The summed E-state index contributed by atoms with van der Waals surface area (Å²) in [7, 11) is 0. The van der Waals surface area contributed by atoms with Crippen LogP contribution in [0.5, 0.6) is 5.75 Å². The van der Waals surface area contributed by atoms with Gasteiger partial charge in [-0.25, -0.2) is 0 Å². The Labute approximate surface area is 117 Å². The largest absolute Gasteiger partial charge is 0.491 e. The molecule has 0 N–H and O–H groups in total. The fourth-order valence-corrected chi connectivity index (χ4v) is 2.78. The van der Waals surface area contributed by atoms with E-state index in [1.807, 2.05) is 0 Å². The molecule has 19 heavy (non-hydrogen) atoms. The van der Waals surface area contributed by atoms with Crippen LogP contribution in [0.25, 0.3) is 0 Å². The third-order valence-corrected chi connectivity index (χ3v) is 3.45. The van der Waals surface area contributed by atoms with Gasteiger partial charge in [0.1, 0.15) is 18.5 Å². The molecule has 0 radical (unpaired) electrons. The Bertz CT molecular complexity index is 408. The van der Waals surface area contributed by atoms with Crippen molar-refractivity contribution >= 4 is 0 Å². The minimum absolute atomic E-state index is 0.191. The molecular weight excluding hydrogens is 236 g/mol. The molecule has 1 aliphatic heterocycles. The Morgan fingerprint density at radius 2 is 1.68 bits per heavy atom. The van der Waals surface area contributed by atoms with E-state index in [1.165, 1.54) is 5.56 Å². The Balaban J connectivity index is 1.99. The van der Waals surface area contributed by atoms with Gasteiger partial charge >= 0.3 is 0 Å². The Morgan fingerprint density at radius 1 is 1.11 bits per heavy atom. The molecule has 1 aromatic rings. The topological polar surface area (TPSA) is 21.8 Å². The van der Waals surface area contributed by atoms with Crippen LogP contribution in [0.3, 0.4) is 0 Å². The molecule has 2 rings (SSSR count). The predicted molar refractivity (Wildman–Crippen MR) is 78.8 cm³/mol. The lowest BCUT2D eigenvalue weighted by Gasteiger charge is -2.33. The van der Waals surface area contributed by atoms with E-state index in [-0.39, 0.29) is 5.41 Å². The predicted octanol–water partition coefficient (Wildman–Crippen LogP) is 4.18. The van der Waals surface area contributed by atoms with E-state index < -0.39 is 0 Å². The molecule has 1 heterocycles. The van der Waals surface area contributed by atoms with Crippen molar-refractivity contribution in [3.8, 4) is 5.75 Å². The Morgan fingerprint density at radius 3 is 2.16 bits per heavy atom. The van der Waals surface area contributed by atoms with Crippen LogP contribution in [-0.4, -0.2) is 19.3 Å². The fraction of sp³-hybridized carbons (Fsp3) is 0.647. The van der Waals surface area contributed by atoms with Gasteiger partial charge in [-0.3, -0.25) is 0 Å². The molecule has 0 saturated carbocycles. The molecule has 2 heteroatoms. The number of rotatable bonds is 5. The molecule has 0 unspecified atom stereocenters. The van der Waals surface area contributed by atoms with Gasteiger partial charge in [-0.15, -0.1) is 0 Å². The summed E-state index contributed by atoms with van der Waals surface area (Å²) in [6, 6.07) is 8.52.